The number of aliphatic hydroxyl groups is 1. The van der Waals surface area contributed by atoms with Crippen molar-refractivity contribution in [1.29, 1.82) is 0 Å². The van der Waals surface area contributed by atoms with E-state index >= 15 is 0 Å². The summed E-state index contributed by atoms with van der Waals surface area (Å²) in [5, 5.41) is 17.7. The van der Waals surface area contributed by atoms with Crippen molar-refractivity contribution in [2.75, 3.05) is 26.2 Å². The number of ether oxygens (including phenoxy) is 1. The summed E-state index contributed by atoms with van der Waals surface area (Å²) in [6, 6.07) is 0. The van der Waals surface area contributed by atoms with Gasteiger partial charge >= 0.3 is 5.97 Å². The van der Waals surface area contributed by atoms with Crippen molar-refractivity contribution in [2.24, 2.45) is 5.92 Å². The van der Waals surface area contributed by atoms with Gasteiger partial charge in [-0.1, -0.05) is 0 Å². The molecule has 0 spiro atoms. The summed E-state index contributed by atoms with van der Waals surface area (Å²) in [7, 11) is 0. The van der Waals surface area contributed by atoms with Crippen LogP contribution in [-0.2, 0) is 9.53 Å². The third-order valence-corrected chi connectivity index (χ3v) is 3.75. The van der Waals surface area contributed by atoms with E-state index in [-0.39, 0.29) is 12.7 Å². The van der Waals surface area contributed by atoms with Crippen LogP contribution in [0, 0.1) is 5.92 Å². The predicted molar refractivity (Wildman–Crippen MR) is 61.8 cm³/mol. The lowest BCUT2D eigenvalue weighted by Crippen LogP contribution is -2.32. The number of rotatable bonds is 5. The van der Waals surface area contributed by atoms with Crippen LogP contribution in [0.2, 0.25) is 0 Å². The van der Waals surface area contributed by atoms with Crippen LogP contribution in [0.4, 0.5) is 0 Å². The van der Waals surface area contributed by atoms with Crippen molar-refractivity contribution < 1.29 is 19.7 Å². The molecule has 0 aromatic carbocycles. The van der Waals surface area contributed by atoms with E-state index in [0.717, 1.165) is 38.9 Å². The zero-order valence-corrected chi connectivity index (χ0v) is 10.0. The summed E-state index contributed by atoms with van der Waals surface area (Å²) in [6.07, 6.45) is 2.96. The van der Waals surface area contributed by atoms with Crippen molar-refractivity contribution in [3.8, 4) is 0 Å². The topological polar surface area (TPSA) is 70.0 Å². The highest BCUT2D eigenvalue weighted by atomic mass is 16.5. The predicted octanol–water partition coefficient (Wildman–Crippen LogP) is 0.323. The number of carboxylic acids is 1. The second-order valence-electron chi connectivity index (χ2n) is 5.09. The van der Waals surface area contributed by atoms with Gasteiger partial charge in [-0.3, -0.25) is 0 Å². The quantitative estimate of drug-likeness (QED) is 0.728. The van der Waals surface area contributed by atoms with Crippen LogP contribution in [0.15, 0.2) is 0 Å². The standard InChI is InChI=1S/C12H21NO4/c14-6-4-9-3-5-13(7-9)8-10-1-2-11(17-10)12(15)16/h9-11,14H,1-8H2,(H,15,16). The molecule has 0 bridgehead atoms. The average Bonchev–Trinajstić information content (AvgIpc) is 2.89. The Morgan fingerprint density at radius 2 is 2.18 bits per heavy atom. The summed E-state index contributed by atoms with van der Waals surface area (Å²) in [6.45, 7) is 3.16. The maximum Gasteiger partial charge on any atom is 0.332 e. The van der Waals surface area contributed by atoms with Gasteiger partial charge in [0.2, 0.25) is 0 Å². The zero-order valence-electron chi connectivity index (χ0n) is 10.0. The van der Waals surface area contributed by atoms with Gasteiger partial charge in [0.25, 0.3) is 0 Å². The van der Waals surface area contributed by atoms with Gasteiger partial charge in [-0.25, -0.2) is 4.79 Å². The third-order valence-electron chi connectivity index (χ3n) is 3.75. The fourth-order valence-corrected chi connectivity index (χ4v) is 2.81. The fourth-order valence-electron chi connectivity index (χ4n) is 2.81. The van der Waals surface area contributed by atoms with E-state index in [2.05, 4.69) is 4.90 Å². The molecule has 0 aliphatic carbocycles. The molecule has 3 unspecified atom stereocenters. The second-order valence-corrected chi connectivity index (χ2v) is 5.09. The molecule has 2 aliphatic rings. The highest BCUT2D eigenvalue weighted by molar-refractivity contribution is 5.72. The molecular weight excluding hydrogens is 222 g/mol. The van der Waals surface area contributed by atoms with Gasteiger partial charge in [-0.2, -0.15) is 0 Å². The van der Waals surface area contributed by atoms with E-state index < -0.39 is 12.1 Å². The largest absolute Gasteiger partial charge is 0.479 e. The molecule has 0 amide bonds. The van der Waals surface area contributed by atoms with Gasteiger partial charge in [-0.15, -0.1) is 0 Å². The molecule has 5 heteroatoms. The molecule has 2 N–H and O–H groups in total. The SMILES string of the molecule is O=C(O)C1CCC(CN2CCC(CCO)C2)O1. The molecule has 0 aromatic heterocycles. The Balaban J connectivity index is 1.71. The Bertz CT molecular complexity index is 271. The summed E-state index contributed by atoms with van der Waals surface area (Å²) in [4.78, 5) is 13.1. The number of likely N-dealkylation sites (tertiary alicyclic amines) is 1. The van der Waals surface area contributed by atoms with E-state index in [1.165, 1.54) is 0 Å². The van der Waals surface area contributed by atoms with Gasteiger partial charge in [0.15, 0.2) is 6.10 Å². The lowest BCUT2D eigenvalue weighted by Gasteiger charge is -2.20. The Kier molecular flexibility index (Phi) is 4.36. The van der Waals surface area contributed by atoms with Crippen molar-refractivity contribution >= 4 is 5.97 Å². The van der Waals surface area contributed by atoms with Gasteiger partial charge in [0, 0.05) is 19.7 Å². The lowest BCUT2D eigenvalue weighted by atomic mass is 10.1. The van der Waals surface area contributed by atoms with Crippen LogP contribution >= 0.6 is 0 Å². The molecule has 2 saturated heterocycles. The molecule has 2 heterocycles. The average molecular weight is 243 g/mol. The lowest BCUT2D eigenvalue weighted by molar-refractivity contribution is -0.149. The summed E-state index contributed by atoms with van der Waals surface area (Å²) in [5.74, 6) is -0.247. The van der Waals surface area contributed by atoms with E-state index in [0.29, 0.717) is 12.3 Å². The number of nitrogens with zero attached hydrogens (tertiary/aromatic N) is 1. The van der Waals surface area contributed by atoms with Crippen LogP contribution in [0.25, 0.3) is 0 Å². The highest BCUT2D eigenvalue weighted by Crippen LogP contribution is 2.24. The van der Waals surface area contributed by atoms with Crippen molar-refractivity contribution in [3.05, 3.63) is 0 Å². The minimum atomic E-state index is -0.841. The van der Waals surface area contributed by atoms with Crippen molar-refractivity contribution in [1.82, 2.24) is 4.90 Å². The van der Waals surface area contributed by atoms with E-state index in [1.807, 2.05) is 0 Å². The first kappa shape index (κ1) is 12.8. The third kappa shape index (κ3) is 3.40. The Morgan fingerprint density at radius 1 is 1.35 bits per heavy atom. The monoisotopic (exact) mass is 243 g/mol. The molecule has 2 rings (SSSR count). The van der Waals surface area contributed by atoms with Gasteiger partial charge in [0.1, 0.15) is 0 Å². The molecule has 5 nitrogen and oxygen atoms in total. The minimum Gasteiger partial charge on any atom is -0.479 e. The first-order valence-electron chi connectivity index (χ1n) is 6.40. The summed E-state index contributed by atoms with van der Waals surface area (Å²) < 4.78 is 5.49. The van der Waals surface area contributed by atoms with Crippen LogP contribution in [0.3, 0.4) is 0 Å². The molecule has 17 heavy (non-hydrogen) atoms. The van der Waals surface area contributed by atoms with E-state index in [9.17, 15) is 4.79 Å². The number of hydrogen-bond donors (Lipinski definition) is 2. The number of carboxylic acid groups (broad SMARTS) is 1. The Morgan fingerprint density at radius 3 is 2.82 bits per heavy atom. The molecule has 0 aromatic rings. The normalized spacial score (nSPS) is 34.3. The maximum absolute atomic E-state index is 10.8. The molecule has 2 aliphatic heterocycles. The minimum absolute atomic E-state index is 0.0731. The molecule has 98 valence electrons. The van der Waals surface area contributed by atoms with Crippen LogP contribution < -0.4 is 0 Å². The van der Waals surface area contributed by atoms with Crippen LogP contribution in [0.1, 0.15) is 25.7 Å². The Labute approximate surface area is 101 Å². The number of aliphatic carboxylic acids is 1. The van der Waals surface area contributed by atoms with E-state index in [4.69, 9.17) is 14.9 Å². The van der Waals surface area contributed by atoms with Crippen LogP contribution in [-0.4, -0.2) is 59.5 Å². The molecule has 0 radical (unpaired) electrons. The van der Waals surface area contributed by atoms with Gasteiger partial charge in [-0.05, 0) is 38.1 Å². The van der Waals surface area contributed by atoms with Crippen LogP contribution in [0.5, 0.6) is 0 Å². The summed E-state index contributed by atoms with van der Waals surface area (Å²) >= 11 is 0. The number of aliphatic hydroxyl groups excluding tert-OH is 1. The number of hydrogen-bond acceptors (Lipinski definition) is 4. The second kappa shape index (κ2) is 5.80. The van der Waals surface area contributed by atoms with Gasteiger partial charge in [0.05, 0.1) is 6.10 Å². The molecule has 3 atom stereocenters. The van der Waals surface area contributed by atoms with Crippen molar-refractivity contribution in [2.45, 2.75) is 37.9 Å². The molecule has 0 saturated carbocycles. The fraction of sp³-hybridized carbons (Fsp3) is 0.917. The zero-order chi connectivity index (χ0) is 12.3. The maximum atomic E-state index is 10.8. The first-order valence-corrected chi connectivity index (χ1v) is 6.40. The highest BCUT2D eigenvalue weighted by Gasteiger charge is 2.33. The summed E-state index contributed by atoms with van der Waals surface area (Å²) in [5.41, 5.74) is 0. The first-order chi connectivity index (χ1) is 8.19. The molecular formula is C12H21NO4. The Hall–Kier alpha value is -0.650. The number of carbonyl (C=O) groups is 1. The smallest absolute Gasteiger partial charge is 0.332 e. The van der Waals surface area contributed by atoms with E-state index in [1.54, 1.807) is 0 Å². The van der Waals surface area contributed by atoms with Gasteiger partial charge < -0.3 is 19.8 Å². The molecule has 2 fully saturated rings. The van der Waals surface area contributed by atoms with Crippen molar-refractivity contribution in [3.63, 3.8) is 0 Å².